The number of hydrogen-bond donors (Lipinski definition) is 1. The second-order valence-electron chi connectivity index (χ2n) is 6.77. The lowest BCUT2D eigenvalue weighted by Crippen LogP contribution is -2.39. The molecule has 21 heavy (non-hydrogen) atoms. The summed E-state index contributed by atoms with van der Waals surface area (Å²) in [5.41, 5.74) is 2.37. The SMILES string of the molecule is CCNC(C)c1cnc(C2CC3CCC(C2)N3C)nc1C. The van der Waals surface area contributed by atoms with E-state index >= 15 is 0 Å². The van der Waals surface area contributed by atoms with E-state index in [4.69, 9.17) is 9.97 Å². The quantitative estimate of drug-likeness (QED) is 0.925. The fourth-order valence-corrected chi connectivity index (χ4v) is 4.15. The smallest absolute Gasteiger partial charge is 0.131 e. The molecule has 4 nitrogen and oxygen atoms in total. The largest absolute Gasteiger partial charge is 0.310 e. The summed E-state index contributed by atoms with van der Waals surface area (Å²) in [6.07, 6.45) is 7.21. The van der Waals surface area contributed by atoms with Crippen LogP contribution >= 0.6 is 0 Å². The highest BCUT2D eigenvalue weighted by Crippen LogP contribution is 2.41. The van der Waals surface area contributed by atoms with E-state index in [-0.39, 0.29) is 0 Å². The Morgan fingerprint density at radius 3 is 2.57 bits per heavy atom. The molecule has 0 radical (unpaired) electrons. The number of nitrogens with one attached hydrogen (secondary N) is 1. The van der Waals surface area contributed by atoms with Crippen molar-refractivity contribution in [3.8, 4) is 0 Å². The predicted octanol–water partition coefficient (Wildman–Crippen LogP) is 2.80. The van der Waals surface area contributed by atoms with Gasteiger partial charge in [-0.3, -0.25) is 0 Å². The second kappa shape index (κ2) is 6.01. The molecule has 1 aromatic rings. The highest BCUT2D eigenvalue weighted by Gasteiger charge is 2.39. The zero-order valence-corrected chi connectivity index (χ0v) is 13.8. The van der Waals surface area contributed by atoms with Crippen LogP contribution in [0.25, 0.3) is 0 Å². The Morgan fingerprint density at radius 1 is 1.33 bits per heavy atom. The van der Waals surface area contributed by atoms with Crippen molar-refractivity contribution in [2.75, 3.05) is 13.6 Å². The number of hydrogen-bond acceptors (Lipinski definition) is 4. The Balaban J connectivity index is 1.76. The summed E-state index contributed by atoms with van der Waals surface area (Å²) in [7, 11) is 2.28. The number of fused-ring (bicyclic) bond motifs is 2. The normalized spacial score (nSPS) is 30.6. The van der Waals surface area contributed by atoms with Crippen LogP contribution in [0.3, 0.4) is 0 Å². The van der Waals surface area contributed by atoms with Crippen LogP contribution in [-0.2, 0) is 0 Å². The first-order chi connectivity index (χ1) is 10.1. The van der Waals surface area contributed by atoms with Crippen molar-refractivity contribution in [2.24, 2.45) is 0 Å². The van der Waals surface area contributed by atoms with E-state index in [1.54, 1.807) is 0 Å². The molecule has 0 aliphatic carbocycles. The molecule has 2 fully saturated rings. The van der Waals surface area contributed by atoms with E-state index in [0.717, 1.165) is 30.1 Å². The van der Waals surface area contributed by atoms with Crippen LogP contribution in [-0.4, -0.2) is 40.5 Å². The molecule has 3 rings (SSSR count). The summed E-state index contributed by atoms with van der Waals surface area (Å²) in [6, 6.07) is 1.83. The lowest BCUT2D eigenvalue weighted by atomic mass is 9.90. The molecule has 1 N–H and O–H groups in total. The summed E-state index contributed by atoms with van der Waals surface area (Å²) in [4.78, 5) is 12.1. The molecule has 3 atom stereocenters. The van der Waals surface area contributed by atoms with E-state index in [1.165, 1.54) is 31.2 Å². The first-order valence-corrected chi connectivity index (χ1v) is 8.38. The average molecular weight is 288 g/mol. The first kappa shape index (κ1) is 14.9. The summed E-state index contributed by atoms with van der Waals surface area (Å²) in [5.74, 6) is 1.63. The Kier molecular flexibility index (Phi) is 4.27. The van der Waals surface area contributed by atoms with Crippen LogP contribution in [0, 0.1) is 6.92 Å². The topological polar surface area (TPSA) is 41.1 Å². The maximum absolute atomic E-state index is 4.85. The van der Waals surface area contributed by atoms with Gasteiger partial charge in [-0.1, -0.05) is 6.92 Å². The summed E-state index contributed by atoms with van der Waals surface area (Å²) >= 11 is 0. The van der Waals surface area contributed by atoms with E-state index in [2.05, 4.69) is 38.0 Å². The second-order valence-corrected chi connectivity index (χ2v) is 6.77. The highest BCUT2D eigenvalue weighted by atomic mass is 15.2. The van der Waals surface area contributed by atoms with Gasteiger partial charge in [-0.25, -0.2) is 9.97 Å². The lowest BCUT2D eigenvalue weighted by Gasteiger charge is -2.35. The minimum absolute atomic E-state index is 0.331. The molecule has 2 aliphatic rings. The summed E-state index contributed by atoms with van der Waals surface area (Å²) in [6.45, 7) is 7.42. The molecule has 0 saturated carbocycles. The van der Waals surface area contributed by atoms with Crippen molar-refractivity contribution >= 4 is 0 Å². The molecular formula is C17H28N4. The van der Waals surface area contributed by atoms with Gasteiger partial charge in [0.15, 0.2) is 0 Å². The van der Waals surface area contributed by atoms with Crippen molar-refractivity contribution in [2.45, 2.75) is 70.5 Å². The van der Waals surface area contributed by atoms with Crippen molar-refractivity contribution < 1.29 is 0 Å². The van der Waals surface area contributed by atoms with E-state index < -0.39 is 0 Å². The number of piperidine rings is 1. The molecule has 116 valence electrons. The Morgan fingerprint density at radius 2 is 2.00 bits per heavy atom. The molecular weight excluding hydrogens is 260 g/mol. The molecule has 0 aromatic carbocycles. The standard InChI is InChI=1S/C17H28N4/c1-5-18-11(2)16-10-19-17(20-12(16)3)13-8-14-6-7-15(9-13)21(14)4/h10-11,13-15,18H,5-9H2,1-4H3. The van der Waals surface area contributed by atoms with E-state index in [0.29, 0.717) is 12.0 Å². The van der Waals surface area contributed by atoms with Gasteiger partial charge in [-0.05, 0) is 53.1 Å². The van der Waals surface area contributed by atoms with E-state index in [9.17, 15) is 0 Å². The van der Waals surface area contributed by atoms with Crippen molar-refractivity contribution in [1.29, 1.82) is 0 Å². The Labute approximate surface area is 128 Å². The molecule has 1 aromatic heterocycles. The number of nitrogens with zero attached hydrogens (tertiary/aromatic N) is 3. The molecule has 2 aliphatic heterocycles. The van der Waals surface area contributed by atoms with Gasteiger partial charge < -0.3 is 10.2 Å². The number of aryl methyl sites for hydroxylation is 1. The molecule has 2 saturated heterocycles. The highest BCUT2D eigenvalue weighted by molar-refractivity contribution is 5.21. The van der Waals surface area contributed by atoms with Gasteiger partial charge >= 0.3 is 0 Å². The van der Waals surface area contributed by atoms with Crippen LogP contribution in [0.5, 0.6) is 0 Å². The maximum Gasteiger partial charge on any atom is 0.131 e. The summed E-state index contributed by atoms with van der Waals surface area (Å²) in [5, 5.41) is 3.44. The van der Waals surface area contributed by atoms with Gasteiger partial charge in [0.2, 0.25) is 0 Å². The molecule has 0 spiro atoms. The minimum Gasteiger partial charge on any atom is -0.310 e. The fraction of sp³-hybridized carbons (Fsp3) is 0.765. The van der Waals surface area contributed by atoms with E-state index in [1.807, 2.05) is 6.20 Å². The van der Waals surface area contributed by atoms with Gasteiger partial charge in [-0.15, -0.1) is 0 Å². The monoisotopic (exact) mass is 288 g/mol. The number of rotatable bonds is 4. The zero-order valence-electron chi connectivity index (χ0n) is 13.8. The lowest BCUT2D eigenvalue weighted by molar-refractivity contribution is 0.158. The van der Waals surface area contributed by atoms with Gasteiger partial charge in [0.1, 0.15) is 5.82 Å². The minimum atomic E-state index is 0.331. The first-order valence-electron chi connectivity index (χ1n) is 8.38. The molecule has 0 amide bonds. The predicted molar refractivity (Wildman–Crippen MR) is 85.4 cm³/mol. The van der Waals surface area contributed by atoms with Crippen LogP contribution in [0.4, 0.5) is 0 Å². The van der Waals surface area contributed by atoms with Crippen molar-refractivity contribution in [3.05, 3.63) is 23.3 Å². The fourth-order valence-electron chi connectivity index (χ4n) is 4.15. The molecule has 2 bridgehead atoms. The summed E-state index contributed by atoms with van der Waals surface area (Å²) < 4.78 is 0. The molecule has 3 unspecified atom stereocenters. The van der Waals surface area contributed by atoms with Gasteiger partial charge in [0, 0.05) is 41.5 Å². The number of aromatic nitrogens is 2. The van der Waals surface area contributed by atoms with Crippen LogP contribution < -0.4 is 5.32 Å². The third-order valence-electron chi connectivity index (χ3n) is 5.48. The zero-order chi connectivity index (χ0) is 15.0. The van der Waals surface area contributed by atoms with Crippen molar-refractivity contribution in [3.63, 3.8) is 0 Å². The van der Waals surface area contributed by atoms with Crippen LogP contribution in [0.1, 0.15) is 68.6 Å². The third-order valence-corrected chi connectivity index (χ3v) is 5.48. The van der Waals surface area contributed by atoms with Gasteiger partial charge in [0.25, 0.3) is 0 Å². The van der Waals surface area contributed by atoms with Crippen LogP contribution in [0.15, 0.2) is 6.20 Å². The average Bonchev–Trinajstić information content (AvgIpc) is 2.69. The third kappa shape index (κ3) is 2.84. The Bertz CT molecular complexity index is 488. The molecule has 3 heterocycles. The van der Waals surface area contributed by atoms with Crippen molar-refractivity contribution in [1.82, 2.24) is 20.2 Å². The maximum atomic E-state index is 4.85. The van der Waals surface area contributed by atoms with Crippen LogP contribution in [0.2, 0.25) is 0 Å². The Hall–Kier alpha value is -1.00. The molecule has 4 heteroatoms. The van der Waals surface area contributed by atoms with Gasteiger partial charge in [0.05, 0.1) is 0 Å². The van der Waals surface area contributed by atoms with Gasteiger partial charge in [-0.2, -0.15) is 0 Å².